The van der Waals surface area contributed by atoms with Crippen molar-refractivity contribution in [2.45, 2.75) is 13.0 Å². The van der Waals surface area contributed by atoms with Gasteiger partial charge in [-0.15, -0.1) is 0 Å². The SMILES string of the molecule is CCOC(=O)C1=C(CN(C)CC(=O)N(C)C)NC(=O)N[C@@H]1c1ccco1. The van der Waals surface area contributed by atoms with Crippen molar-refractivity contribution in [1.82, 2.24) is 20.4 Å². The van der Waals surface area contributed by atoms with Crippen LogP contribution in [-0.2, 0) is 14.3 Å². The Balaban J connectivity index is 2.34. The minimum atomic E-state index is -0.759. The molecule has 3 amide bonds. The fourth-order valence-electron chi connectivity index (χ4n) is 2.56. The number of hydrogen-bond donors (Lipinski definition) is 2. The van der Waals surface area contributed by atoms with Gasteiger partial charge in [0.1, 0.15) is 11.8 Å². The van der Waals surface area contributed by atoms with E-state index in [4.69, 9.17) is 9.15 Å². The van der Waals surface area contributed by atoms with E-state index in [1.807, 2.05) is 0 Å². The maximum absolute atomic E-state index is 12.5. The highest BCUT2D eigenvalue weighted by atomic mass is 16.5. The lowest BCUT2D eigenvalue weighted by molar-refractivity contribution is -0.139. The van der Waals surface area contributed by atoms with Gasteiger partial charge in [-0.05, 0) is 26.1 Å². The fourth-order valence-corrected chi connectivity index (χ4v) is 2.56. The molecule has 9 nitrogen and oxygen atoms in total. The lowest BCUT2D eigenvalue weighted by atomic mass is 10.00. The maximum Gasteiger partial charge on any atom is 0.338 e. The van der Waals surface area contributed by atoms with Crippen molar-refractivity contribution in [3.05, 3.63) is 35.4 Å². The maximum atomic E-state index is 12.5. The van der Waals surface area contributed by atoms with Crippen LogP contribution in [0, 0.1) is 0 Å². The molecule has 0 aromatic carbocycles. The number of hydrogen-bond acceptors (Lipinski definition) is 6. The van der Waals surface area contributed by atoms with Crippen molar-refractivity contribution in [1.29, 1.82) is 0 Å². The Hall–Kier alpha value is -2.81. The molecule has 0 aliphatic carbocycles. The summed E-state index contributed by atoms with van der Waals surface area (Å²) in [5.74, 6) is -0.218. The molecule has 1 aliphatic rings. The van der Waals surface area contributed by atoms with Crippen molar-refractivity contribution in [2.75, 3.05) is 40.8 Å². The van der Waals surface area contributed by atoms with Crippen molar-refractivity contribution in [2.24, 2.45) is 0 Å². The van der Waals surface area contributed by atoms with Gasteiger partial charge in [0.2, 0.25) is 5.91 Å². The topological polar surface area (TPSA) is 104 Å². The summed E-state index contributed by atoms with van der Waals surface area (Å²) in [6.07, 6.45) is 1.47. The number of amides is 3. The van der Waals surface area contributed by atoms with Gasteiger partial charge in [0.15, 0.2) is 0 Å². The quantitative estimate of drug-likeness (QED) is 0.682. The van der Waals surface area contributed by atoms with Gasteiger partial charge in [-0.1, -0.05) is 0 Å². The first-order valence-electron chi connectivity index (χ1n) is 8.23. The molecule has 26 heavy (non-hydrogen) atoms. The van der Waals surface area contributed by atoms with E-state index < -0.39 is 18.0 Å². The molecule has 0 spiro atoms. The number of esters is 1. The molecule has 2 rings (SSSR count). The number of ether oxygens (including phenoxy) is 1. The van der Waals surface area contributed by atoms with Crippen LogP contribution in [0.15, 0.2) is 34.1 Å². The largest absolute Gasteiger partial charge is 0.467 e. The lowest BCUT2D eigenvalue weighted by Crippen LogP contribution is -2.48. The normalized spacial score (nSPS) is 17.0. The lowest BCUT2D eigenvalue weighted by Gasteiger charge is -2.30. The first-order valence-corrected chi connectivity index (χ1v) is 8.23. The van der Waals surface area contributed by atoms with Gasteiger partial charge in [0.25, 0.3) is 0 Å². The summed E-state index contributed by atoms with van der Waals surface area (Å²) in [6, 6.07) is 2.13. The van der Waals surface area contributed by atoms with Crippen molar-refractivity contribution >= 4 is 17.9 Å². The van der Waals surface area contributed by atoms with E-state index in [9.17, 15) is 14.4 Å². The highest BCUT2D eigenvalue weighted by Gasteiger charge is 2.35. The van der Waals surface area contributed by atoms with E-state index >= 15 is 0 Å². The second kappa shape index (κ2) is 8.52. The zero-order valence-corrected chi connectivity index (χ0v) is 15.4. The Labute approximate surface area is 151 Å². The van der Waals surface area contributed by atoms with E-state index in [1.165, 1.54) is 11.2 Å². The van der Waals surface area contributed by atoms with Crippen molar-refractivity contribution in [3.63, 3.8) is 0 Å². The average molecular weight is 364 g/mol. The van der Waals surface area contributed by atoms with Crippen LogP contribution in [0.3, 0.4) is 0 Å². The van der Waals surface area contributed by atoms with Crippen LogP contribution in [0.2, 0.25) is 0 Å². The molecule has 142 valence electrons. The number of furan rings is 1. The summed E-state index contributed by atoms with van der Waals surface area (Å²) in [7, 11) is 5.06. The number of carbonyl (C=O) groups is 3. The Morgan fingerprint density at radius 2 is 2.04 bits per heavy atom. The van der Waals surface area contributed by atoms with E-state index in [-0.39, 0.29) is 31.2 Å². The molecule has 0 saturated heterocycles. The smallest absolute Gasteiger partial charge is 0.338 e. The molecule has 1 atom stereocenters. The Bertz CT molecular complexity index is 696. The average Bonchev–Trinajstić information content (AvgIpc) is 3.08. The number of rotatable bonds is 7. The van der Waals surface area contributed by atoms with Gasteiger partial charge in [-0.3, -0.25) is 9.69 Å². The predicted octanol–water partition coefficient (Wildman–Crippen LogP) is 0.471. The molecule has 2 heterocycles. The standard InChI is InChI=1S/C17H24N4O5/c1-5-25-16(23)14-11(9-21(4)10-13(22)20(2)3)18-17(24)19-15(14)12-7-6-8-26-12/h6-8,15H,5,9-10H2,1-4H3,(H2,18,19,24)/t15-/m1/s1. The van der Waals surface area contributed by atoms with Crippen molar-refractivity contribution < 1.29 is 23.5 Å². The fraction of sp³-hybridized carbons (Fsp3) is 0.471. The molecular formula is C17H24N4O5. The molecule has 0 unspecified atom stereocenters. The minimum Gasteiger partial charge on any atom is -0.467 e. The summed E-state index contributed by atoms with van der Waals surface area (Å²) in [5, 5.41) is 5.33. The number of urea groups is 1. The summed E-state index contributed by atoms with van der Waals surface area (Å²) >= 11 is 0. The zero-order chi connectivity index (χ0) is 19.3. The van der Waals surface area contributed by atoms with Crippen LogP contribution in [-0.4, -0.2) is 68.5 Å². The monoisotopic (exact) mass is 364 g/mol. The van der Waals surface area contributed by atoms with Gasteiger partial charge in [-0.25, -0.2) is 9.59 Å². The Kier molecular flexibility index (Phi) is 6.40. The highest BCUT2D eigenvalue weighted by molar-refractivity contribution is 5.95. The van der Waals surface area contributed by atoms with E-state index in [2.05, 4.69) is 10.6 Å². The molecular weight excluding hydrogens is 340 g/mol. The molecule has 0 radical (unpaired) electrons. The van der Waals surface area contributed by atoms with Crippen LogP contribution in [0.5, 0.6) is 0 Å². The number of carbonyl (C=O) groups excluding carboxylic acids is 3. The second-order valence-corrected chi connectivity index (χ2v) is 6.12. The third kappa shape index (κ3) is 4.63. The Morgan fingerprint density at radius 1 is 1.31 bits per heavy atom. The summed E-state index contributed by atoms with van der Waals surface area (Å²) in [4.78, 5) is 39.7. The van der Waals surface area contributed by atoms with E-state index in [0.29, 0.717) is 11.5 Å². The van der Waals surface area contributed by atoms with Gasteiger partial charge < -0.3 is 24.7 Å². The van der Waals surface area contributed by atoms with Crippen LogP contribution in [0.25, 0.3) is 0 Å². The molecule has 0 bridgehead atoms. The Morgan fingerprint density at radius 3 is 2.62 bits per heavy atom. The molecule has 0 fully saturated rings. The third-order valence-corrected chi connectivity index (χ3v) is 3.81. The summed E-state index contributed by atoms with van der Waals surface area (Å²) < 4.78 is 10.5. The van der Waals surface area contributed by atoms with Gasteiger partial charge in [0, 0.05) is 26.3 Å². The number of likely N-dealkylation sites (N-methyl/N-ethyl adjacent to an activating group) is 2. The second-order valence-electron chi connectivity index (χ2n) is 6.12. The summed E-state index contributed by atoms with van der Waals surface area (Å²) in [5.41, 5.74) is 0.633. The highest BCUT2D eigenvalue weighted by Crippen LogP contribution is 2.28. The molecule has 1 aromatic rings. The first-order chi connectivity index (χ1) is 12.3. The molecule has 1 aliphatic heterocycles. The van der Waals surface area contributed by atoms with Gasteiger partial charge in [0.05, 0.1) is 25.0 Å². The third-order valence-electron chi connectivity index (χ3n) is 3.81. The molecule has 1 aromatic heterocycles. The van der Waals surface area contributed by atoms with Crippen LogP contribution < -0.4 is 10.6 Å². The first kappa shape index (κ1) is 19.5. The van der Waals surface area contributed by atoms with E-state index in [0.717, 1.165) is 0 Å². The van der Waals surface area contributed by atoms with Crippen LogP contribution in [0.4, 0.5) is 4.79 Å². The van der Waals surface area contributed by atoms with Crippen LogP contribution >= 0.6 is 0 Å². The minimum absolute atomic E-state index is 0.0892. The van der Waals surface area contributed by atoms with Gasteiger partial charge >= 0.3 is 12.0 Å². The van der Waals surface area contributed by atoms with Gasteiger partial charge in [-0.2, -0.15) is 0 Å². The number of nitrogens with zero attached hydrogens (tertiary/aromatic N) is 2. The molecule has 9 heteroatoms. The van der Waals surface area contributed by atoms with Crippen LogP contribution in [0.1, 0.15) is 18.7 Å². The van der Waals surface area contributed by atoms with E-state index in [1.54, 1.807) is 45.1 Å². The van der Waals surface area contributed by atoms with Crippen molar-refractivity contribution in [3.8, 4) is 0 Å². The number of nitrogens with one attached hydrogen (secondary N) is 2. The zero-order valence-electron chi connectivity index (χ0n) is 15.4. The molecule has 2 N–H and O–H groups in total. The predicted molar refractivity (Wildman–Crippen MR) is 93.0 cm³/mol. The summed E-state index contributed by atoms with van der Waals surface area (Å²) in [6.45, 7) is 2.24. The molecule has 0 saturated carbocycles.